The predicted molar refractivity (Wildman–Crippen MR) is 110 cm³/mol. The lowest BCUT2D eigenvalue weighted by Crippen LogP contribution is -2.31. The van der Waals surface area contributed by atoms with Gasteiger partial charge in [0, 0.05) is 11.1 Å². The molecule has 1 N–H and O–H groups in total. The molecule has 1 amide bonds. The molecule has 3 aromatic rings. The van der Waals surface area contributed by atoms with E-state index in [4.69, 9.17) is 11.6 Å². The minimum Gasteiger partial charge on any atom is -0.288 e. The fraction of sp³-hybridized carbons (Fsp3) is 0.125. The summed E-state index contributed by atoms with van der Waals surface area (Å²) in [4.78, 5) is 10.8. The summed E-state index contributed by atoms with van der Waals surface area (Å²) < 4.78 is 0. The summed E-state index contributed by atoms with van der Waals surface area (Å²) in [6.45, 7) is 0. The molecule has 0 aliphatic carbocycles. The summed E-state index contributed by atoms with van der Waals surface area (Å²) in [7, 11) is 0. The number of rotatable bonds is 6. The lowest BCUT2D eigenvalue weighted by molar-refractivity contribution is -0.108. The Hall–Kier alpha value is -3.02. The van der Waals surface area contributed by atoms with Crippen LogP contribution in [0, 0.1) is 12.0 Å². The van der Waals surface area contributed by atoms with Crippen LogP contribution in [0.1, 0.15) is 16.7 Å². The van der Waals surface area contributed by atoms with Crippen molar-refractivity contribution in [2.75, 3.05) is 0 Å². The van der Waals surface area contributed by atoms with Gasteiger partial charge in [0.25, 0.3) is 0 Å². The highest BCUT2D eigenvalue weighted by Crippen LogP contribution is 2.36. The van der Waals surface area contributed by atoms with Crippen molar-refractivity contribution in [1.82, 2.24) is 5.32 Å². The highest BCUT2D eigenvalue weighted by Gasteiger charge is 2.33. The predicted octanol–water partition coefficient (Wildman–Crippen LogP) is 4.77. The highest BCUT2D eigenvalue weighted by molar-refractivity contribution is 6.31. The summed E-state index contributed by atoms with van der Waals surface area (Å²) in [5, 5.41) is 3.15. The molecule has 0 fully saturated rings. The maximum atomic E-state index is 10.8. The van der Waals surface area contributed by atoms with Crippen molar-refractivity contribution in [3.8, 4) is 12.0 Å². The first-order valence-corrected chi connectivity index (χ1v) is 9.15. The first-order chi connectivity index (χ1) is 13.2. The Bertz CT molecular complexity index is 901. The number of amides is 1. The Morgan fingerprint density at radius 1 is 0.815 bits per heavy atom. The molecule has 3 rings (SSSR count). The number of nitrogens with one attached hydrogen (secondary N) is 1. The maximum absolute atomic E-state index is 10.8. The van der Waals surface area contributed by atoms with Crippen LogP contribution in [0.5, 0.6) is 0 Å². The molecule has 3 aromatic carbocycles. The number of carbonyl (C=O) groups excluding carboxylic acids is 1. The lowest BCUT2D eigenvalue weighted by atomic mass is 9.72. The largest absolute Gasteiger partial charge is 0.288 e. The number of hydrogen-bond acceptors (Lipinski definition) is 1. The summed E-state index contributed by atoms with van der Waals surface area (Å²) in [6, 6.07) is 31.0. The summed E-state index contributed by atoms with van der Waals surface area (Å²) in [5.74, 6) is 3.31. The SMILES string of the molecule is O=CNC#CC(Cc1ccccc1)(Cc1ccccc1)c1ccccc1Cl. The molecule has 0 atom stereocenters. The maximum Gasteiger partial charge on any atom is 0.218 e. The van der Waals surface area contributed by atoms with E-state index >= 15 is 0 Å². The summed E-state index contributed by atoms with van der Waals surface area (Å²) >= 11 is 6.60. The molecule has 0 heterocycles. The Labute approximate surface area is 165 Å². The molecule has 3 heteroatoms. The van der Waals surface area contributed by atoms with Crippen LogP contribution in [0.15, 0.2) is 84.9 Å². The molecule has 0 radical (unpaired) electrons. The molecule has 0 aliphatic heterocycles. The van der Waals surface area contributed by atoms with Gasteiger partial charge in [0.1, 0.15) is 0 Å². The number of benzene rings is 3. The van der Waals surface area contributed by atoms with Gasteiger partial charge in [0.05, 0.1) is 5.41 Å². The topological polar surface area (TPSA) is 29.1 Å². The number of carbonyl (C=O) groups is 1. The van der Waals surface area contributed by atoms with Gasteiger partial charge in [-0.1, -0.05) is 96.4 Å². The Balaban J connectivity index is 2.15. The van der Waals surface area contributed by atoms with Gasteiger partial charge in [-0.25, -0.2) is 0 Å². The Morgan fingerprint density at radius 3 is 1.85 bits per heavy atom. The third kappa shape index (κ3) is 4.78. The molecule has 0 saturated carbocycles. The van der Waals surface area contributed by atoms with E-state index in [1.54, 1.807) is 0 Å². The van der Waals surface area contributed by atoms with Crippen LogP contribution in [0.25, 0.3) is 0 Å². The highest BCUT2D eigenvalue weighted by atomic mass is 35.5. The average Bonchev–Trinajstić information content (AvgIpc) is 2.70. The Morgan fingerprint density at radius 2 is 1.33 bits per heavy atom. The van der Waals surface area contributed by atoms with Gasteiger partial charge in [-0.3, -0.25) is 10.1 Å². The van der Waals surface area contributed by atoms with Crippen molar-refractivity contribution >= 4 is 18.0 Å². The summed E-state index contributed by atoms with van der Waals surface area (Å²) in [6.07, 6.45) is 1.95. The smallest absolute Gasteiger partial charge is 0.218 e. The monoisotopic (exact) mass is 373 g/mol. The quantitative estimate of drug-likeness (QED) is 0.376. The van der Waals surface area contributed by atoms with Crippen LogP contribution in [0.2, 0.25) is 5.02 Å². The van der Waals surface area contributed by atoms with Gasteiger partial charge >= 0.3 is 0 Å². The zero-order valence-electron chi connectivity index (χ0n) is 14.9. The third-order valence-electron chi connectivity index (χ3n) is 4.52. The van der Waals surface area contributed by atoms with Crippen LogP contribution in [0.4, 0.5) is 0 Å². The summed E-state index contributed by atoms with van der Waals surface area (Å²) in [5.41, 5.74) is 2.71. The molecule has 0 aromatic heterocycles. The molecular weight excluding hydrogens is 354 g/mol. The van der Waals surface area contributed by atoms with E-state index < -0.39 is 5.41 Å². The van der Waals surface area contributed by atoms with E-state index in [2.05, 4.69) is 41.5 Å². The van der Waals surface area contributed by atoms with Crippen molar-refractivity contribution in [2.45, 2.75) is 18.3 Å². The van der Waals surface area contributed by atoms with Crippen LogP contribution >= 0.6 is 11.6 Å². The average molecular weight is 374 g/mol. The van der Waals surface area contributed by atoms with Crippen LogP contribution < -0.4 is 5.32 Å². The number of hydrogen-bond donors (Lipinski definition) is 1. The molecule has 0 saturated heterocycles. The molecule has 0 unspecified atom stereocenters. The van der Waals surface area contributed by atoms with E-state index in [1.807, 2.05) is 60.7 Å². The van der Waals surface area contributed by atoms with Gasteiger partial charge in [0.15, 0.2) is 0 Å². The molecule has 0 spiro atoms. The zero-order valence-corrected chi connectivity index (χ0v) is 15.6. The first kappa shape index (κ1) is 18.8. The lowest BCUT2D eigenvalue weighted by Gasteiger charge is -2.30. The van der Waals surface area contributed by atoms with Crippen molar-refractivity contribution in [2.24, 2.45) is 0 Å². The van der Waals surface area contributed by atoms with Crippen molar-refractivity contribution in [3.63, 3.8) is 0 Å². The van der Waals surface area contributed by atoms with Crippen molar-refractivity contribution in [3.05, 3.63) is 107 Å². The second kappa shape index (κ2) is 9.07. The van der Waals surface area contributed by atoms with Crippen molar-refractivity contribution < 1.29 is 4.79 Å². The van der Waals surface area contributed by atoms with E-state index in [1.165, 1.54) is 0 Å². The number of halogens is 1. The standard InChI is InChI=1S/C24H20ClNO/c25-23-14-8-7-13-22(23)24(15-16-26-19-27,17-20-9-3-1-4-10-20)18-21-11-5-2-6-12-21/h1-14,19H,17-18H2,(H,26,27). The van der Waals surface area contributed by atoms with Crippen LogP contribution in [-0.2, 0) is 23.1 Å². The molecule has 0 aliphatic rings. The minimum absolute atomic E-state index is 0.572. The normalized spacial score (nSPS) is 10.6. The van der Waals surface area contributed by atoms with Gasteiger partial charge in [-0.05, 0) is 35.6 Å². The first-order valence-electron chi connectivity index (χ1n) is 8.78. The molecule has 134 valence electrons. The fourth-order valence-corrected chi connectivity index (χ4v) is 3.65. The zero-order chi connectivity index (χ0) is 19.0. The van der Waals surface area contributed by atoms with E-state index in [0.29, 0.717) is 24.3 Å². The second-order valence-corrected chi connectivity index (χ2v) is 6.81. The second-order valence-electron chi connectivity index (χ2n) is 6.40. The van der Waals surface area contributed by atoms with E-state index in [0.717, 1.165) is 16.7 Å². The molecule has 2 nitrogen and oxygen atoms in total. The van der Waals surface area contributed by atoms with E-state index in [9.17, 15) is 4.79 Å². The molecular formula is C24H20ClNO. The van der Waals surface area contributed by atoms with Gasteiger partial charge < -0.3 is 0 Å². The molecule has 0 bridgehead atoms. The van der Waals surface area contributed by atoms with Crippen molar-refractivity contribution in [1.29, 1.82) is 0 Å². The van der Waals surface area contributed by atoms with Crippen LogP contribution in [-0.4, -0.2) is 6.41 Å². The minimum atomic E-state index is -0.572. The van der Waals surface area contributed by atoms with Gasteiger partial charge in [0.2, 0.25) is 6.41 Å². The van der Waals surface area contributed by atoms with Gasteiger partial charge in [-0.15, -0.1) is 0 Å². The van der Waals surface area contributed by atoms with E-state index in [-0.39, 0.29) is 0 Å². The third-order valence-corrected chi connectivity index (χ3v) is 4.85. The van der Waals surface area contributed by atoms with Crippen LogP contribution in [0.3, 0.4) is 0 Å². The van der Waals surface area contributed by atoms with Gasteiger partial charge in [-0.2, -0.15) is 0 Å². The Kier molecular flexibility index (Phi) is 6.30. The fourth-order valence-electron chi connectivity index (χ4n) is 3.33. The molecule has 27 heavy (non-hydrogen) atoms.